The van der Waals surface area contributed by atoms with Crippen LogP contribution in [0.3, 0.4) is 0 Å². The summed E-state index contributed by atoms with van der Waals surface area (Å²) in [5, 5.41) is 3.47. The van der Waals surface area contributed by atoms with E-state index in [0.29, 0.717) is 29.6 Å². The van der Waals surface area contributed by atoms with E-state index in [2.05, 4.69) is 41.4 Å². The summed E-state index contributed by atoms with van der Waals surface area (Å²) in [4.78, 5) is 15.0. The Balaban J connectivity index is 1.47. The van der Waals surface area contributed by atoms with Gasteiger partial charge in [-0.2, -0.15) is 0 Å². The monoisotopic (exact) mass is 298 g/mol. The normalized spacial score (nSPS) is 26.8. The molecule has 1 aromatic carbocycles. The zero-order valence-corrected chi connectivity index (χ0v) is 13.5. The molecule has 2 unspecified atom stereocenters. The van der Waals surface area contributed by atoms with Crippen LogP contribution in [0, 0.1) is 11.8 Å². The third kappa shape index (κ3) is 2.36. The fourth-order valence-corrected chi connectivity index (χ4v) is 4.35. The average molecular weight is 298 g/mol. The van der Waals surface area contributed by atoms with Crippen molar-refractivity contribution in [2.75, 3.05) is 24.5 Å². The SMILES string of the molecule is CC(CC(=O)N1CC2(CC2)c2ccccc21)C1CCCNC1. The molecular formula is C19H26N2O. The summed E-state index contributed by atoms with van der Waals surface area (Å²) in [6, 6.07) is 8.54. The van der Waals surface area contributed by atoms with Crippen LogP contribution in [0.1, 0.15) is 44.6 Å². The summed E-state index contributed by atoms with van der Waals surface area (Å²) in [7, 11) is 0. The third-order valence-electron chi connectivity index (χ3n) is 6.02. The Morgan fingerprint density at radius 2 is 2.23 bits per heavy atom. The average Bonchev–Trinajstić information content (AvgIpc) is 3.26. The highest BCUT2D eigenvalue weighted by atomic mass is 16.2. The van der Waals surface area contributed by atoms with Gasteiger partial charge in [-0.05, 0) is 62.2 Å². The number of nitrogens with zero attached hydrogens (tertiary/aromatic N) is 1. The predicted octanol–water partition coefficient (Wildman–Crippen LogP) is 3.09. The maximum absolute atomic E-state index is 12.9. The maximum Gasteiger partial charge on any atom is 0.227 e. The summed E-state index contributed by atoms with van der Waals surface area (Å²) in [5.41, 5.74) is 2.90. The van der Waals surface area contributed by atoms with Crippen molar-refractivity contribution in [1.82, 2.24) is 5.32 Å². The van der Waals surface area contributed by atoms with E-state index in [0.717, 1.165) is 19.6 Å². The molecule has 3 heteroatoms. The number of anilines is 1. The maximum atomic E-state index is 12.9. The quantitative estimate of drug-likeness (QED) is 0.930. The van der Waals surface area contributed by atoms with Gasteiger partial charge in [-0.15, -0.1) is 0 Å². The van der Waals surface area contributed by atoms with Gasteiger partial charge in [-0.25, -0.2) is 0 Å². The first-order valence-electron chi connectivity index (χ1n) is 8.80. The van der Waals surface area contributed by atoms with Crippen molar-refractivity contribution in [3.8, 4) is 0 Å². The minimum atomic E-state index is 0.307. The van der Waals surface area contributed by atoms with E-state index in [1.807, 2.05) is 0 Å². The molecule has 1 aromatic rings. The number of piperidine rings is 1. The van der Waals surface area contributed by atoms with Gasteiger partial charge in [0.15, 0.2) is 0 Å². The van der Waals surface area contributed by atoms with Crippen molar-refractivity contribution in [3.63, 3.8) is 0 Å². The first kappa shape index (κ1) is 14.3. The molecule has 2 aliphatic heterocycles. The lowest BCUT2D eigenvalue weighted by Gasteiger charge is -2.29. The number of carbonyl (C=O) groups excluding carboxylic acids is 1. The molecule has 2 atom stereocenters. The van der Waals surface area contributed by atoms with Gasteiger partial charge in [0.1, 0.15) is 0 Å². The molecule has 0 radical (unpaired) electrons. The topological polar surface area (TPSA) is 32.3 Å². The third-order valence-corrected chi connectivity index (χ3v) is 6.02. The lowest BCUT2D eigenvalue weighted by atomic mass is 9.85. The smallest absolute Gasteiger partial charge is 0.227 e. The Morgan fingerprint density at radius 1 is 1.41 bits per heavy atom. The van der Waals surface area contributed by atoms with Crippen molar-refractivity contribution in [3.05, 3.63) is 29.8 Å². The van der Waals surface area contributed by atoms with Crippen LogP contribution in [0.25, 0.3) is 0 Å². The van der Waals surface area contributed by atoms with E-state index in [9.17, 15) is 4.79 Å². The fourth-order valence-electron chi connectivity index (χ4n) is 4.35. The molecule has 0 bridgehead atoms. The van der Waals surface area contributed by atoms with Crippen molar-refractivity contribution < 1.29 is 4.79 Å². The summed E-state index contributed by atoms with van der Waals surface area (Å²) in [6.45, 7) is 5.39. The molecule has 22 heavy (non-hydrogen) atoms. The molecule has 1 N–H and O–H groups in total. The lowest BCUT2D eigenvalue weighted by molar-refractivity contribution is -0.119. The van der Waals surface area contributed by atoms with Crippen LogP contribution in [0.15, 0.2) is 24.3 Å². The van der Waals surface area contributed by atoms with Crippen LogP contribution in [-0.4, -0.2) is 25.5 Å². The Kier molecular flexibility index (Phi) is 3.48. The second-order valence-electron chi connectivity index (χ2n) is 7.57. The number of fused-ring (bicyclic) bond motifs is 2. The zero-order chi connectivity index (χ0) is 15.2. The van der Waals surface area contributed by atoms with Crippen molar-refractivity contribution in [1.29, 1.82) is 0 Å². The molecule has 2 heterocycles. The van der Waals surface area contributed by atoms with E-state index >= 15 is 0 Å². The van der Waals surface area contributed by atoms with Gasteiger partial charge >= 0.3 is 0 Å². The molecule has 3 nitrogen and oxygen atoms in total. The van der Waals surface area contributed by atoms with Crippen LogP contribution in [-0.2, 0) is 10.2 Å². The first-order valence-corrected chi connectivity index (χ1v) is 8.80. The highest BCUT2D eigenvalue weighted by Crippen LogP contribution is 2.56. The Hall–Kier alpha value is -1.35. The molecule has 0 aromatic heterocycles. The Morgan fingerprint density at radius 3 is 2.95 bits per heavy atom. The van der Waals surface area contributed by atoms with Gasteiger partial charge in [0.25, 0.3) is 0 Å². The van der Waals surface area contributed by atoms with Gasteiger partial charge in [0.2, 0.25) is 5.91 Å². The van der Waals surface area contributed by atoms with Gasteiger partial charge in [0, 0.05) is 24.1 Å². The minimum Gasteiger partial charge on any atom is -0.316 e. The number of rotatable bonds is 3. The first-order chi connectivity index (χ1) is 10.7. The number of nitrogens with one attached hydrogen (secondary N) is 1. The second kappa shape index (κ2) is 5.38. The Bertz CT molecular complexity index is 573. The summed E-state index contributed by atoms with van der Waals surface area (Å²) in [6.07, 6.45) is 5.70. The van der Waals surface area contributed by atoms with E-state index < -0.39 is 0 Å². The molecule has 2 fully saturated rings. The molecule has 1 spiro atoms. The molecule has 1 saturated heterocycles. The molecule has 118 valence electrons. The highest BCUT2D eigenvalue weighted by Gasteiger charge is 2.52. The van der Waals surface area contributed by atoms with Crippen molar-refractivity contribution >= 4 is 11.6 Å². The molecule has 1 amide bonds. The summed E-state index contributed by atoms with van der Waals surface area (Å²) < 4.78 is 0. The van der Waals surface area contributed by atoms with Crippen molar-refractivity contribution in [2.45, 2.75) is 44.4 Å². The molecule has 1 aliphatic carbocycles. The lowest BCUT2D eigenvalue weighted by Crippen LogP contribution is -2.37. The molecule has 3 aliphatic rings. The zero-order valence-electron chi connectivity index (χ0n) is 13.5. The molecule has 1 saturated carbocycles. The molecule has 4 rings (SSSR count). The largest absolute Gasteiger partial charge is 0.316 e. The number of carbonyl (C=O) groups is 1. The van der Waals surface area contributed by atoms with Crippen LogP contribution in [0.4, 0.5) is 5.69 Å². The van der Waals surface area contributed by atoms with Crippen LogP contribution >= 0.6 is 0 Å². The van der Waals surface area contributed by atoms with Gasteiger partial charge in [-0.3, -0.25) is 4.79 Å². The second-order valence-corrected chi connectivity index (χ2v) is 7.57. The van der Waals surface area contributed by atoms with Gasteiger partial charge in [-0.1, -0.05) is 25.1 Å². The summed E-state index contributed by atoms with van der Waals surface area (Å²) >= 11 is 0. The van der Waals surface area contributed by atoms with Crippen LogP contribution in [0.5, 0.6) is 0 Å². The summed E-state index contributed by atoms with van der Waals surface area (Å²) in [5.74, 6) is 1.46. The van der Waals surface area contributed by atoms with Crippen LogP contribution < -0.4 is 10.2 Å². The number of amides is 1. The van der Waals surface area contributed by atoms with E-state index in [1.54, 1.807) is 0 Å². The number of hydrogen-bond acceptors (Lipinski definition) is 2. The number of benzene rings is 1. The number of hydrogen-bond donors (Lipinski definition) is 1. The van der Waals surface area contributed by atoms with Crippen LogP contribution in [0.2, 0.25) is 0 Å². The fraction of sp³-hybridized carbons (Fsp3) is 0.632. The minimum absolute atomic E-state index is 0.307. The van der Waals surface area contributed by atoms with E-state index in [1.165, 1.54) is 36.9 Å². The van der Waals surface area contributed by atoms with Gasteiger partial charge in [0.05, 0.1) is 0 Å². The predicted molar refractivity (Wildman–Crippen MR) is 89.1 cm³/mol. The van der Waals surface area contributed by atoms with Gasteiger partial charge < -0.3 is 10.2 Å². The van der Waals surface area contributed by atoms with E-state index in [-0.39, 0.29) is 0 Å². The van der Waals surface area contributed by atoms with E-state index in [4.69, 9.17) is 0 Å². The number of para-hydroxylation sites is 1. The standard InChI is InChI=1S/C19H26N2O/c1-14(15-5-4-10-20-12-15)11-18(22)21-13-19(8-9-19)16-6-2-3-7-17(16)21/h2-3,6-7,14-15,20H,4-5,8-13H2,1H3. The highest BCUT2D eigenvalue weighted by molar-refractivity contribution is 5.96. The van der Waals surface area contributed by atoms with Crippen molar-refractivity contribution in [2.24, 2.45) is 11.8 Å². The molecular weight excluding hydrogens is 272 g/mol. The Labute approximate surface area is 133 Å².